The number of nitrogens with zero attached hydrogens (tertiary/aromatic N) is 2. The van der Waals surface area contributed by atoms with E-state index >= 15 is 0 Å². The minimum absolute atomic E-state index is 0.174. The van der Waals surface area contributed by atoms with Crippen LogP contribution in [0.3, 0.4) is 0 Å². The van der Waals surface area contributed by atoms with Gasteiger partial charge in [-0.25, -0.2) is 0 Å². The summed E-state index contributed by atoms with van der Waals surface area (Å²) in [5.74, 6) is 0. The van der Waals surface area contributed by atoms with Crippen LogP contribution >= 0.6 is 0 Å². The molecule has 0 spiro atoms. The van der Waals surface area contributed by atoms with Gasteiger partial charge in [-0.2, -0.15) is 5.26 Å². The van der Waals surface area contributed by atoms with Crippen molar-refractivity contribution in [2.45, 2.75) is 37.6 Å². The second-order valence-corrected chi connectivity index (χ2v) is 5.80. The Kier molecular flexibility index (Phi) is 2.75. The molecule has 17 heavy (non-hydrogen) atoms. The predicted octanol–water partition coefficient (Wildman–Crippen LogP) is 3.04. The van der Waals surface area contributed by atoms with Crippen LogP contribution in [0.25, 0.3) is 0 Å². The first-order chi connectivity index (χ1) is 7.94. The lowest BCUT2D eigenvalue weighted by Gasteiger charge is -2.44. The predicted molar refractivity (Wildman–Crippen MR) is 69.7 cm³/mol. The van der Waals surface area contributed by atoms with Crippen molar-refractivity contribution >= 4 is 0 Å². The summed E-state index contributed by atoms with van der Waals surface area (Å²) >= 11 is 0. The van der Waals surface area contributed by atoms with Crippen molar-refractivity contribution in [3.05, 3.63) is 35.4 Å². The zero-order valence-electron chi connectivity index (χ0n) is 11.1. The van der Waals surface area contributed by atoms with Crippen LogP contribution < -0.4 is 0 Å². The van der Waals surface area contributed by atoms with Gasteiger partial charge in [0.15, 0.2) is 0 Å². The molecule has 2 heteroatoms. The Hall–Kier alpha value is -1.33. The van der Waals surface area contributed by atoms with Crippen LogP contribution in [-0.4, -0.2) is 19.0 Å². The molecule has 0 heterocycles. The van der Waals surface area contributed by atoms with E-state index in [1.165, 1.54) is 11.1 Å². The Morgan fingerprint density at radius 1 is 1.12 bits per heavy atom. The maximum atomic E-state index is 9.64. The van der Waals surface area contributed by atoms with Crippen LogP contribution in [0.1, 0.15) is 37.8 Å². The lowest BCUT2D eigenvalue weighted by Crippen LogP contribution is -2.46. The highest BCUT2D eigenvalue weighted by Gasteiger charge is 2.44. The van der Waals surface area contributed by atoms with E-state index in [1.54, 1.807) is 0 Å². The summed E-state index contributed by atoms with van der Waals surface area (Å²) in [6.45, 7) is 4.53. The molecule has 0 radical (unpaired) electrons. The molecule has 1 unspecified atom stereocenters. The Morgan fingerprint density at radius 3 is 2.24 bits per heavy atom. The molecule has 0 saturated heterocycles. The number of nitriles is 1. The Balaban J connectivity index is 2.68. The second-order valence-electron chi connectivity index (χ2n) is 5.80. The van der Waals surface area contributed by atoms with E-state index < -0.39 is 5.54 Å². The minimum Gasteiger partial charge on any atom is -0.288 e. The van der Waals surface area contributed by atoms with Crippen molar-refractivity contribution in [1.29, 1.82) is 5.26 Å². The summed E-state index contributed by atoms with van der Waals surface area (Å²) in [5.41, 5.74) is 2.23. The normalized spacial score (nSPS) is 26.4. The molecule has 0 saturated carbocycles. The zero-order chi connectivity index (χ0) is 12.7. The third kappa shape index (κ3) is 1.66. The largest absolute Gasteiger partial charge is 0.288 e. The van der Waals surface area contributed by atoms with E-state index in [2.05, 4.69) is 43.0 Å². The zero-order valence-corrected chi connectivity index (χ0v) is 11.1. The average Bonchev–Trinajstić information content (AvgIpc) is 2.30. The third-order valence-electron chi connectivity index (χ3n) is 4.16. The summed E-state index contributed by atoms with van der Waals surface area (Å²) in [5, 5.41) is 9.64. The molecule has 1 aliphatic rings. The number of rotatable bonds is 1. The summed E-state index contributed by atoms with van der Waals surface area (Å²) in [7, 11) is 4.00. The van der Waals surface area contributed by atoms with Crippen molar-refractivity contribution in [1.82, 2.24) is 4.90 Å². The van der Waals surface area contributed by atoms with Gasteiger partial charge in [-0.3, -0.25) is 4.90 Å². The van der Waals surface area contributed by atoms with Gasteiger partial charge in [0.1, 0.15) is 5.54 Å². The molecule has 2 rings (SSSR count). The van der Waals surface area contributed by atoms with Gasteiger partial charge >= 0.3 is 0 Å². The van der Waals surface area contributed by atoms with Crippen molar-refractivity contribution in [3.63, 3.8) is 0 Å². The van der Waals surface area contributed by atoms with E-state index in [-0.39, 0.29) is 5.41 Å². The number of hydrogen-bond donors (Lipinski definition) is 0. The average molecular weight is 228 g/mol. The molecule has 0 bridgehead atoms. The van der Waals surface area contributed by atoms with E-state index in [1.807, 2.05) is 20.2 Å². The van der Waals surface area contributed by atoms with Crippen LogP contribution in [-0.2, 0) is 11.0 Å². The maximum Gasteiger partial charge on any atom is 0.134 e. The summed E-state index contributed by atoms with van der Waals surface area (Å²) < 4.78 is 0. The van der Waals surface area contributed by atoms with Crippen LogP contribution in [0.2, 0.25) is 0 Å². The molecular formula is C15H20N2. The Morgan fingerprint density at radius 2 is 1.71 bits per heavy atom. The van der Waals surface area contributed by atoms with Crippen molar-refractivity contribution in [3.8, 4) is 6.07 Å². The van der Waals surface area contributed by atoms with E-state index in [0.29, 0.717) is 0 Å². The Bertz CT molecular complexity index is 468. The summed E-state index contributed by atoms with van der Waals surface area (Å²) in [4.78, 5) is 2.06. The molecule has 0 fully saturated rings. The smallest absolute Gasteiger partial charge is 0.134 e. The molecule has 1 atom stereocenters. The van der Waals surface area contributed by atoms with Crippen LogP contribution in [0.4, 0.5) is 0 Å². The van der Waals surface area contributed by atoms with Gasteiger partial charge < -0.3 is 0 Å². The van der Waals surface area contributed by atoms with Crippen LogP contribution in [0.5, 0.6) is 0 Å². The van der Waals surface area contributed by atoms with Gasteiger partial charge in [-0.1, -0.05) is 38.1 Å². The van der Waals surface area contributed by atoms with Crippen molar-refractivity contribution in [2.24, 2.45) is 0 Å². The fourth-order valence-electron chi connectivity index (χ4n) is 2.88. The van der Waals surface area contributed by atoms with Gasteiger partial charge in [-0.05, 0) is 43.5 Å². The fraction of sp³-hybridized carbons (Fsp3) is 0.533. The number of benzene rings is 1. The van der Waals surface area contributed by atoms with Gasteiger partial charge in [0.2, 0.25) is 0 Å². The highest BCUT2D eigenvalue weighted by atomic mass is 15.1. The molecule has 1 aromatic rings. The molecular weight excluding hydrogens is 208 g/mol. The standard InChI is InChI=1S/C15H20N2/c1-14(2)9-10-15(11-16,17(3)4)13-8-6-5-7-12(13)14/h5-8H,9-10H2,1-4H3. The summed E-state index contributed by atoms with van der Waals surface area (Å²) in [6.07, 6.45) is 1.95. The van der Waals surface area contributed by atoms with E-state index in [9.17, 15) is 5.26 Å². The van der Waals surface area contributed by atoms with E-state index in [0.717, 1.165) is 12.8 Å². The van der Waals surface area contributed by atoms with Gasteiger partial charge in [0, 0.05) is 0 Å². The highest BCUT2D eigenvalue weighted by molar-refractivity contribution is 5.45. The monoisotopic (exact) mass is 228 g/mol. The maximum absolute atomic E-state index is 9.64. The third-order valence-corrected chi connectivity index (χ3v) is 4.16. The molecule has 0 amide bonds. The molecule has 0 aromatic heterocycles. The lowest BCUT2D eigenvalue weighted by atomic mass is 9.65. The summed E-state index contributed by atoms with van der Waals surface area (Å²) in [6, 6.07) is 10.9. The van der Waals surface area contributed by atoms with Crippen LogP contribution in [0.15, 0.2) is 24.3 Å². The molecule has 90 valence electrons. The fourth-order valence-corrected chi connectivity index (χ4v) is 2.88. The second kappa shape index (κ2) is 3.85. The van der Waals surface area contributed by atoms with Crippen molar-refractivity contribution < 1.29 is 0 Å². The first-order valence-electron chi connectivity index (χ1n) is 6.13. The molecule has 2 nitrogen and oxygen atoms in total. The lowest BCUT2D eigenvalue weighted by molar-refractivity contribution is 0.167. The van der Waals surface area contributed by atoms with E-state index in [4.69, 9.17) is 0 Å². The van der Waals surface area contributed by atoms with Gasteiger partial charge in [0.05, 0.1) is 6.07 Å². The highest BCUT2D eigenvalue weighted by Crippen LogP contribution is 2.46. The minimum atomic E-state index is -0.452. The van der Waals surface area contributed by atoms with Gasteiger partial charge in [-0.15, -0.1) is 0 Å². The van der Waals surface area contributed by atoms with Crippen molar-refractivity contribution in [2.75, 3.05) is 14.1 Å². The molecule has 0 aliphatic heterocycles. The first kappa shape index (κ1) is 12.1. The molecule has 1 aromatic carbocycles. The Labute approximate surface area is 104 Å². The SMILES string of the molecule is CN(C)C1(C#N)CCC(C)(C)c2ccccc21. The molecule has 1 aliphatic carbocycles. The quantitative estimate of drug-likeness (QED) is 0.738. The van der Waals surface area contributed by atoms with Gasteiger partial charge in [0.25, 0.3) is 0 Å². The number of fused-ring (bicyclic) bond motifs is 1. The van der Waals surface area contributed by atoms with Crippen LogP contribution in [0, 0.1) is 11.3 Å². The first-order valence-corrected chi connectivity index (χ1v) is 6.13. The number of hydrogen-bond acceptors (Lipinski definition) is 2. The molecule has 0 N–H and O–H groups in total. The topological polar surface area (TPSA) is 27.0 Å².